The van der Waals surface area contributed by atoms with Crippen LogP contribution in [0.15, 0.2) is 35.8 Å². The molecule has 2 nitrogen and oxygen atoms in total. The van der Waals surface area contributed by atoms with E-state index in [0.717, 1.165) is 22.4 Å². The third kappa shape index (κ3) is 1.72. The maximum absolute atomic E-state index is 10.4. The van der Waals surface area contributed by atoms with Crippen LogP contribution in [0.5, 0.6) is 0 Å². The summed E-state index contributed by atoms with van der Waals surface area (Å²) in [6, 6.07) is 9.92. The number of rotatable bonds is 3. The Kier molecular flexibility index (Phi) is 2.70. The number of aldehydes is 1. The second-order valence-electron chi connectivity index (χ2n) is 2.86. The Morgan fingerprint density at radius 3 is 2.79 bits per heavy atom. The minimum absolute atomic E-state index is 0.453. The molecule has 70 valence electrons. The normalized spacial score (nSPS) is 10.0. The molecule has 2 aromatic rings. The van der Waals surface area contributed by atoms with Crippen LogP contribution >= 0.6 is 11.3 Å². The molecular weight excluding hydrogens is 194 g/mol. The number of nitrogens with zero attached hydrogens (tertiary/aromatic N) is 1. The molecule has 0 aliphatic carbocycles. The molecular formula is C11H9NOS. The number of carbonyl (C=O) groups excluding carboxylic acids is 1. The van der Waals surface area contributed by atoms with Crippen molar-refractivity contribution in [3.05, 3.63) is 40.7 Å². The highest BCUT2D eigenvalue weighted by Crippen LogP contribution is 2.24. The van der Waals surface area contributed by atoms with Crippen molar-refractivity contribution in [2.24, 2.45) is 0 Å². The van der Waals surface area contributed by atoms with Crippen LogP contribution in [0.3, 0.4) is 0 Å². The van der Waals surface area contributed by atoms with E-state index in [1.54, 1.807) is 5.51 Å². The largest absolute Gasteiger partial charge is 0.303 e. The fourth-order valence-electron chi connectivity index (χ4n) is 1.32. The molecule has 0 aliphatic rings. The van der Waals surface area contributed by atoms with Crippen molar-refractivity contribution in [2.45, 2.75) is 6.42 Å². The van der Waals surface area contributed by atoms with E-state index in [-0.39, 0.29) is 0 Å². The van der Waals surface area contributed by atoms with Gasteiger partial charge in [-0.3, -0.25) is 0 Å². The number of thiazole rings is 1. The van der Waals surface area contributed by atoms with Gasteiger partial charge in [0.05, 0.1) is 11.2 Å². The van der Waals surface area contributed by atoms with Crippen molar-refractivity contribution < 1.29 is 4.79 Å². The lowest BCUT2D eigenvalue weighted by Gasteiger charge is -1.98. The van der Waals surface area contributed by atoms with Crippen LogP contribution in [0.4, 0.5) is 0 Å². The van der Waals surface area contributed by atoms with Crippen molar-refractivity contribution in [3.63, 3.8) is 0 Å². The van der Waals surface area contributed by atoms with E-state index in [1.807, 2.05) is 30.3 Å². The Labute approximate surface area is 86.2 Å². The average molecular weight is 203 g/mol. The van der Waals surface area contributed by atoms with E-state index >= 15 is 0 Å². The van der Waals surface area contributed by atoms with Crippen LogP contribution in [0.2, 0.25) is 0 Å². The first-order valence-electron chi connectivity index (χ1n) is 4.33. The highest BCUT2D eigenvalue weighted by Gasteiger charge is 2.06. The molecule has 0 radical (unpaired) electrons. The van der Waals surface area contributed by atoms with Crippen LogP contribution in [0, 0.1) is 0 Å². The summed E-state index contributed by atoms with van der Waals surface area (Å²) in [6.07, 6.45) is 1.37. The third-order valence-corrected chi connectivity index (χ3v) is 2.81. The quantitative estimate of drug-likeness (QED) is 0.717. The molecule has 2 rings (SSSR count). The van der Waals surface area contributed by atoms with Gasteiger partial charge in [0, 0.05) is 16.9 Å². The highest BCUT2D eigenvalue weighted by atomic mass is 32.1. The van der Waals surface area contributed by atoms with E-state index in [2.05, 4.69) is 4.98 Å². The zero-order chi connectivity index (χ0) is 9.80. The summed E-state index contributed by atoms with van der Waals surface area (Å²) in [5, 5.41) is 0. The minimum atomic E-state index is 0.453. The molecule has 0 amide bonds. The van der Waals surface area contributed by atoms with Crippen LogP contribution in [0.25, 0.3) is 11.3 Å². The first kappa shape index (κ1) is 9.09. The summed E-state index contributed by atoms with van der Waals surface area (Å²) in [4.78, 5) is 15.7. The van der Waals surface area contributed by atoms with E-state index in [4.69, 9.17) is 0 Å². The number of carbonyl (C=O) groups is 1. The lowest BCUT2D eigenvalue weighted by Crippen LogP contribution is -1.86. The Hall–Kier alpha value is -1.48. The van der Waals surface area contributed by atoms with Crippen LogP contribution < -0.4 is 0 Å². The van der Waals surface area contributed by atoms with E-state index in [0.29, 0.717) is 6.42 Å². The molecule has 1 aromatic heterocycles. The predicted octanol–water partition coefficient (Wildman–Crippen LogP) is 2.55. The molecule has 14 heavy (non-hydrogen) atoms. The van der Waals surface area contributed by atoms with Crippen LogP contribution in [-0.4, -0.2) is 11.3 Å². The lowest BCUT2D eigenvalue weighted by molar-refractivity contribution is -0.107. The summed E-state index contributed by atoms with van der Waals surface area (Å²) in [6.45, 7) is 0. The maximum atomic E-state index is 10.4. The predicted molar refractivity (Wildman–Crippen MR) is 57.3 cm³/mol. The first-order chi connectivity index (χ1) is 6.92. The van der Waals surface area contributed by atoms with Gasteiger partial charge in [-0.15, -0.1) is 11.3 Å². The topological polar surface area (TPSA) is 30.0 Å². The Morgan fingerprint density at radius 1 is 1.29 bits per heavy atom. The Bertz CT molecular complexity index is 422. The van der Waals surface area contributed by atoms with Gasteiger partial charge in [-0.05, 0) is 0 Å². The summed E-state index contributed by atoms with van der Waals surface area (Å²) in [5.41, 5.74) is 3.79. The smallest absolute Gasteiger partial charge is 0.125 e. The van der Waals surface area contributed by atoms with Crippen LogP contribution in [0.1, 0.15) is 4.88 Å². The van der Waals surface area contributed by atoms with Crippen molar-refractivity contribution in [2.75, 3.05) is 0 Å². The number of hydrogen-bond acceptors (Lipinski definition) is 3. The molecule has 0 saturated heterocycles. The van der Waals surface area contributed by atoms with Gasteiger partial charge in [0.1, 0.15) is 6.29 Å². The zero-order valence-corrected chi connectivity index (χ0v) is 8.33. The molecule has 0 spiro atoms. The Morgan fingerprint density at radius 2 is 2.07 bits per heavy atom. The van der Waals surface area contributed by atoms with E-state index in [1.165, 1.54) is 11.3 Å². The summed E-state index contributed by atoms with van der Waals surface area (Å²) in [5.74, 6) is 0. The van der Waals surface area contributed by atoms with Crippen molar-refractivity contribution in [1.29, 1.82) is 0 Å². The van der Waals surface area contributed by atoms with Gasteiger partial charge in [-0.1, -0.05) is 30.3 Å². The molecule has 0 bridgehead atoms. The second kappa shape index (κ2) is 4.15. The number of aromatic nitrogens is 1. The maximum Gasteiger partial charge on any atom is 0.125 e. The molecule has 0 N–H and O–H groups in total. The van der Waals surface area contributed by atoms with Crippen LogP contribution in [-0.2, 0) is 11.2 Å². The number of benzene rings is 1. The molecule has 0 fully saturated rings. The van der Waals surface area contributed by atoms with Gasteiger partial charge in [0.15, 0.2) is 0 Å². The summed E-state index contributed by atoms with van der Waals surface area (Å²) < 4.78 is 0. The fraction of sp³-hybridized carbons (Fsp3) is 0.0909. The van der Waals surface area contributed by atoms with Gasteiger partial charge >= 0.3 is 0 Å². The highest BCUT2D eigenvalue weighted by molar-refractivity contribution is 7.10. The number of hydrogen-bond donors (Lipinski definition) is 0. The molecule has 0 unspecified atom stereocenters. The van der Waals surface area contributed by atoms with Gasteiger partial charge in [0.2, 0.25) is 0 Å². The van der Waals surface area contributed by atoms with Crippen molar-refractivity contribution in [3.8, 4) is 11.3 Å². The SMILES string of the molecule is O=CCc1scnc1-c1ccccc1. The standard InChI is InChI=1S/C11H9NOS/c13-7-6-10-11(12-8-14-10)9-4-2-1-3-5-9/h1-5,7-8H,6H2. The fourth-order valence-corrected chi connectivity index (χ4v) is 2.05. The zero-order valence-electron chi connectivity index (χ0n) is 7.51. The second-order valence-corrected chi connectivity index (χ2v) is 3.80. The third-order valence-electron chi connectivity index (χ3n) is 1.96. The van der Waals surface area contributed by atoms with Gasteiger partial charge < -0.3 is 4.79 Å². The molecule has 0 aliphatic heterocycles. The van der Waals surface area contributed by atoms with Crippen molar-refractivity contribution >= 4 is 17.6 Å². The molecule has 0 saturated carbocycles. The lowest BCUT2D eigenvalue weighted by atomic mass is 10.1. The molecule has 3 heteroatoms. The average Bonchev–Trinajstić information content (AvgIpc) is 2.68. The Balaban J connectivity index is 2.41. The monoisotopic (exact) mass is 203 g/mol. The molecule has 1 heterocycles. The first-order valence-corrected chi connectivity index (χ1v) is 5.21. The van der Waals surface area contributed by atoms with E-state index in [9.17, 15) is 4.79 Å². The summed E-state index contributed by atoms with van der Waals surface area (Å²) in [7, 11) is 0. The summed E-state index contributed by atoms with van der Waals surface area (Å²) >= 11 is 1.53. The van der Waals surface area contributed by atoms with Gasteiger partial charge in [-0.2, -0.15) is 0 Å². The molecule has 1 aromatic carbocycles. The van der Waals surface area contributed by atoms with Crippen molar-refractivity contribution in [1.82, 2.24) is 4.98 Å². The van der Waals surface area contributed by atoms with E-state index < -0.39 is 0 Å². The molecule has 0 atom stereocenters. The van der Waals surface area contributed by atoms with Gasteiger partial charge in [0.25, 0.3) is 0 Å². The minimum Gasteiger partial charge on any atom is -0.303 e. The van der Waals surface area contributed by atoms with Gasteiger partial charge in [-0.25, -0.2) is 4.98 Å².